The fourth-order valence-electron chi connectivity index (χ4n) is 13.0. The van der Waals surface area contributed by atoms with Crippen LogP contribution in [-0.4, -0.2) is 212 Å². The number of benzene rings is 1. The molecule has 11 atom stereocenters. The minimum Gasteiger partial charge on any atom is -0.506 e. The molecule has 1 saturated heterocycles. The molecular weight excluding hydrogens is 1490 g/mol. The van der Waals surface area contributed by atoms with Crippen molar-refractivity contribution in [3.63, 3.8) is 0 Å². The Labute approximate surface area is 627 Å². The summed E-state index contributed by atoms with van der Waals surface area (Å²) in [5, 5.41) is 71.4. The van der Waals surface area contributed by atoms with Crippen LogP contribution < -0.4 is 37.6 Å². The van der Waals surface area contributed by atoms with Crippen LogP contribution in [0.3, 0.4) is 0 Å². The Morgan fingerprint density at radius 2 is 1.57 bits per heavy atom. The lowest BCUT2D eigenvalue weighted by atomic mass is 9.85. The lowest BCUT2D eigenvalue weighted by Gasteiger charge is -2.48. The van der Waals surface area contributed by atoms with Gasteiger partial charge >= 0.3 is 11.9 Å². The summed E-state index contributed by atoms with van der Waals surface area (Å²) in [7, 11) is 4.84. The molecule has 107 heavy (non-hydrogen) atoms. The number of cyclic esters (lactones) is 2. The third-order valence-corrected chi connectivity index (χ3v) is 22.6. The van der Waals surface area contributed by atoms with Crippen molar-refractivity contribution in [1.82, 2.24) is 81.0 Å². The number of carbonyl (C=O) groups is 8. The Kier molecular flexibility index (Phi) is 22.0. The number of imidazole rings is 1. The number of nitrogens with zero attached hydrogens (tertiary/aromatic N) is 10. The van der Waals surface area contributed by atoms with Gasteiger partial charge < -0.3 is 96.0 Å². The van der Waals surface area contributed by atoms with Gasteiger partial charge in [0, 0.05) is 75.3 Å². The van der Waals surface area contributed by atoms with Gasteiger partial charge in [0.05, 0.1) is 49.4 Å². The number of aryl methyl sites for hydroxylation is 1. The average molecular weight is 1560 g/mol. The molecule has 0 saturated carbocycles. The van der Waals surface area contributed by atoms with Gasteiger partial charge in [-0.15, -0.1) is 56.7 Å². The van der Waals surface area contributed by atoms with Crippen molar-refractivity contribution in [2.75, 3.05) is 40.9 Å². The van der Waals surface area contributed by atoms with Crippen LogP contribution in [0, 0.1) is 0 Å². The number of thiazole rings is 5. The number of rotatable bonds is 15. The molecule has 8 aromatic heterocycles. The maximum Gasteiger partial charge on any atom is 0.358 e. The van der Waals surface area contributed by atoms with E-state index in [0.29, 0.717) is 29.8 Å². The number of aromatic hydroxyl groups is 1. The van der Waals surface area contributed by atoms with Crippen LogP contribution in [0.2, 0.25) is 0 Å². The number of nitrogens with two attached hydrogens (primary N) is 1. The topological polar surface area (TPSA) is 474 Å². The normalized spacial score (nSPS) is 23.3. The lowest BCUT2D eigenvalue weighted by Crippen LogP contribution is -2.62. The van der Waals surface area contributed by atoms with Gasteiger partial charge in [-0.25, -0.2) is 44.5 Å². The summed E-state index contributed by atoms with van der Waals surface area (Å²) in [4.78, 5) is 150. The third-order valence-electron chi connectivity index (χ3n) is 18.1. The van der Waals surface area contributed by atoms with Gasteiger partial charge in [0.25, 0.3) is 23.6 Å². The Morgan fingerprint density at radius 1 is 0.869 bits per heavy atom. The lowest BCUT2D eigenvalue weighted by molar-refractivity contribution is -0.280. The largest absolute Gasteiger partial charge is 0.506 e. The van der Waals surface area contributed by atoms with E-state index in [1.807, 2.05) is 10.8 Å². The quantitative estimate of drug-likeness (QED) is 0.0302. The molecule has 562 valence electrons. The van der Waals surface area contributed by atoms with Crippen LogP contribution in [0.4, 0.5) is 0 Å². The summed E-state index contributed by atoms with van der Waals surface area (Å²) < 4.78 is 40.2. The highest BCUT2D eigenvalue weighted by Gasteiger charge is 2.50. The summed E-state index contributed by atoms with van der Waals surface area (Å²) in [6.07, 6.45) is -1.76. The van der Waals surface area contributed by atoms with Crippen LogP contribution in [0.5, 0.6) is 5.75 Å². The van der Waals surface area contributed by atoms with Crippen LogP contribution in [0.25, 0.3) is 49.3 Å². The van der Waals surface area contributed by atoms with Crippen molar-refractivity contribution in [1.29, 1.82) is 0 Å². The van der Waals surface area contributed by atoms with E-state index in [2.05, 4.69) is 51.8 Å². The van der Waals surface area contributed by atoms with Crippen LogP contribution in [-0.2, 0) is 62.6 Å². The van der Waals surface area contributed by atoms with Gasteiger partial charge in [-0.2, -0.15) is 4.73 Å². The first-order valence-electron chi connectivity index (χ1n) is 33.2. The van der Waals surface area contributed by atoms with E-state index < -0.39 is 145 Å². The molecule has 4 aliphatic rings. The van der Waals surface area contributed by atoms with Crippen molar-refractivity contribution in [2.45, 2.75) is 127 Å². The van der Waals surface area contributed by atoms with Crippen molar-refractivity contribution < 1.29 is 87.3 Å². The predicted octanol–water partition coefficient (Wildman–Crippen LogP) is 3.62. The number of methoxy groups -OCH3 is 1. The number of likely N-dealkylation sites (N-methyl/N-ethyl adjacent to an activating group) is 1. The second-order valence-corrected chi connectivity index (χ2v) is 30.2. The van der Waals surface area contributed by atoms with Crippen molar-refractivity contribution in [2.24, 2.45) is 5.73 Å². The smallest absolute Gasteiger partial charge is 0.358 e. The number of allylic oxidation sites excluding steroid dienone is 1. The Balaban J connectivity index is 0.936. The highest BCUT2D eigenvalue weighted by molar-refractivity contribution is 7.14. The molecule has 9 aromatic rings. The number of amides is 6. The Hall–Kier alpha value is -10.1. The number of primary amides is 1. The first-order chi connectivity index (χ1) is 51.2. The van der Waals surface area contributed by atoms with Crippen LogP contribution in [0.1, 0.15) is 131 Å². The number of hydrogen-bond acceptors (Lipinski definition) is 32. The number of pyridine rings is 1. The van der Waals surface area contributed by atoms with Gasteiger partial charge in [0.15, 0.2) is 18.1 Å². The summed E-state index contributed by atoms with van der Waals surface area (Å²) >= 11 is 4.51. The van der Waals surface area contributed by atoms with Gasteiger partial charge in [-0.05, 0) is 72.5 Å². The minimum atomic E-state index is -1.92. The van der Waals surface area contributed by atoms with Gasteiger partial charge in [-0.3, -0.25) is 28.8 Å². The number of esters is 2. The van der Waals surface area contributed by atoms with Crippen molar-refractivity contribution >= 4 is 121 Å². The van der Waals surface area contributed by atoms with E-state index >= 15 is 19.2 Å². The van der Waals surface area contributed by atoms with E-state index in [4.69, 9.17) is 49.1 Å². The molecule has 0 aliphatic carbocycles. The fraction of sp³-hybridized carbons (Fsp3) is 0.388. The molecule has 6 amide bonds. The number of hydrogen-bond donors (Lipinski definition) is 11. The molecule has 35 nitrogen and oxygen atoms in total. The second kappa shape index (κ2) is 31.4. The zero-order valence-electron chi connectivity index (χ0n) is 58.0. The maximum absolute atomic E-state index is 15.2. The molecule has 0 spiro atoms. The molecule has 1 aromatic carbocycles. The molecule has 1 fully saturated rings. The molecule has 12 heterocycles. The van der Waals surface area contributed by atoms with Gasteiger partial charge in [0.2, 0.25) is 11.8 Å². The second-order valence-electron chi connectivity index (χ2n) is 25.8. The van der Waals surface area contributed by atoms with Gasteiger partial charge in [0.1, 0.15) is 126 Å². The highest BCUT2D eigenvalue weighted by Crippen LogP contribution is 2.43. The highest BCUT2D eigenvalue weighted by atomic mass is 32.1. The van der Waals surface area contributed by atoms with Crippen molar-refractivity contribution in [3.8, 4) is 38.4 Å². The first-order valence-corrected chi connectivity index (χ1v) is 37.6. The average Bonchev–Trinajstić information content (AvgIpc) is 1.58. The summed E-state index contributed by atoms with van der Waals surface area (Å²) in [6, 6.07) is -0.520. The molecule has 40 heteroatoms. The predicted molar refractivity (Wildman–Crippen MR) is 384 cm³/mol. The van der Waals surface area contributed by atoms with E-state index in [0.717, 1.165) is 56.7 Å². The van der Waals surface area contributed by atoms with E-state index in [9.17, 15) is 39.7 Å². The molecule has 0 radical (unpaired) electrons. The third kappa shape index (κ3) is 15.7. The van der Waals surface area contributed by atoms with Gasteiger partial charge in [-0.1, -0.05) is 12.1 Å². The molecule has 4 aliphatic heterocycles. The summed E-state index contributed by atoms with van der Waals surface area (Å²) in [5.41, 5.74) is 2.92. The molecule has 12 N–H and O–H groups in total. The van der Waals surface area contributed by atoms with Crippen molar-refractivity contribution in [3.05, 3.63) is 130 Å². The number of aliphatic hydroxyl groups excluding tert-OH is 1. The SMILES string of the molecule is CO/C(C)=C1/NC(=O)C([C@@H](C)O)NC(=O)c2csc(n2)-c2cc(O)c(-c3nc(C(=O)NC(CNCCCn4ccnc4)C(N)=O)cs3)nc2-c2csc(n2)[C@@H]2COC(=O)c3c4c5c(cccc5n3O)COC(=O)[C@@H](O[C@H]3C[C@](C)(O)[C@H](N(C)C)[C@H](C)O3)[C@@H](OC4)[C@H](NC(=O)c3csc1n3)c1nc(cs1)C(=O)N2. The van der Waals surface area contributed by atoms with E-state index in [1.165, 1.54) is 60.0 Å². The first kappa shape index (κ1) is 75.1. The number of aromatic nitrogens is 9. The number of fused-ring (bicyclic) bond motifs is 15. The number of ether oxygens (including phenoxy) is 6. The van der Waals surface area contributed by atoms with E-state index in [-0.39, 0.29) is 111 Å². The zero-order chi connectivity index (χ0) is 75.9. The Morgan fingerprint density at radius 3 is 2.30 bits per heavy atom. The number of aliphatic hydroxyl groups is 2. The molecular formula is C67H71N17O18S5. The molecule has 13 rings (SSSR count). The standard InChI is InChI=1S/C67H71N17O18S5/c1-28(85)45-59(92)80-46(29(2)97-7)62-75-40(26-105-62)58(91)81-49-51-52(102-43-17-67(4,95)53(82(5)6)30(3)101-43)66(94)99-19-31-10-8-11-41-44(31)33(20-98-51)50(84(41)96)65(93)100-21-35(72-56(89)38-25-107-64(49)77-38)61-73-36(22-104-61)47-32(60-74-39(23-103-60)57(90)79-45)16-42(86)48(78-47)63-76-37(24-106-63)55(88)71-34(54(68)87)18-69-12-9-14-83-15-13-70-27-83/h8,10-11,13,15-16,22-28,30,34-35,43,45,49,51-53,69,85-86,95-96H,9,12,14,17-21H2,1-7H3,(H2,68,87)(H,71,88)(H,72,89)(H,79,90)(H,80,92)(H,81,91)/b46-29+/t28-,30+,34?,35+,43+,45?,49+,51+,52+,53-,67+/m1/s1. The van der Waals surface area contributed by atoms with E-state index in [1.54, 1.807) is 57.5 Å². The Bertz CT molecular complexity index is 4950. The summed E-state index contributed by atoms with van der Waals surface area (Å²) in [5.74, 6) is -8.01. The number of nitrogens with one attached hydrogen (secondary N) is 6. The number of carbonyl (C=O) groups excluding carboxylic acids is 8. The molecule has 12 bridgehead atoms. The monoisotopic (exact) mass is 1560 g/mol. The molecule has 2 unspecified atom stereocenters. The van der Waals surface area contributed by atoms with Crippen LogP contribution in [0.15, 0.2) is 75.6 Å². The minimum absolute atomic E-state index is 0.00458. The van der Waals surface area contributed by atoms with Crippen LogP contribution >= 0.6 is 56.7 Å². The zero-order valence-corrected chi connectivity index (χ0v) is 62.0. The maximum atomic E-state index is 15.2. The summed E-state index contributed by atoms with van der Waals surface area (Å²) in [6.45, 7) is 5.35. The fourth-order valence-corrected chi connectivity index (χ4v) is 17.2.